The molecule has 1 aliphatic rings. The maximum atomic E-state index is 15.1. The van der Waals surface area contributed by atoms with Crippen molar-refractivity contribution in [3.05, 3.63) is 42.1 Å². The van der Waals surface area contributed by atoms with Crippen molar-refractivity contribution in [2.24, 2.45) is 5.92 Å². The number of anilines is 3. The topological polar surface area (TPSA) is 152 Å². The van der Waals surface area contributed by atoms with Gasteiger partial charge in [0.25, 0.3) is 0 Å². The molecule has 1 amide bonds. The van der Waals surface area contributed by atoms with Gasteiger partial charge >= 0.3 is 6.09 Å². The number of nitrogens with zero attached hydrogens (tertiary/aromatic N) is 6. The van der Waals surface area contributed by atoms with Crippen molar-refractivity contribution in [2.75, 3.05) is 17.7 Å². The van der Waals surface area contributed by atoms with Crippen LogP contribution in [0.5, 0.6) is 5.88 Å². The summed E-state index contributed by atoms with van der Waals surface area (Å²) in [4.78, 5) is 21.1. The van der Waals surface area contributed by atoms with Crippen LogP contribution in [0.25, 0.3) is 5.69 Å². The Hall–Kier alpha value is -4.47. The number of ether oxygens (including phenoxy) is 2. The number of pyridine rings is 2. The molecule has 0 radical (unpaired) electrons. The van der Waals surface area contributed by atoms with Crippen LogP contribution in [0.3, 0.4) is 0 Å². The first kappa shape index (κ1) is 27.6. The van der Waals surface area contributed by atoms with Crippen LogP contribution in [0.1, 0.15) is 52.5 Å². The first-order chi connectivity index (χ1) is 18.6. The Morgan fingerprint density at radius 3 is 2.64 bits per heavy atom. The second-order valence-electron chi connectivity index (χ2n) is 10.3. The molecular weight excluding hydrogens is 505 g/mol. The standard InChI is InChI=1S/C26H32FN9O3/c1-15(31-25(37)39-26(2,3)4)21(16-7-6-8-16)33-23-19(27)11-17(13-28)22(34-23)32-18-12-20(24(38-5)29-14-18)36-10-9-30-35-36/h9-12,14-16,21H,6-8H2,1-5H3,(H,31,37)(H2,32,33,34)/t15-,21-/m0/s1. The molecule has 1 saturated carbocycles. The molecule has 39 heavy (non-hydrogen) atoms. The van der Waals surface area contributed by atoms with E-state index in [2.05, 4.69) is 36.2 Å². The van der Waals surface area contributed by atoms with Crippen molar-refractivity contribution in [3.63, 3.8) is 0 Å². The van der Waals surface area contributed by atoms with Crippen molar-refractivity contribution >= 4 is 23.4 Å². The summed E-state index contributed by atoms with van der Waals surface area (Å²) in [5.74, 6) is -0.0562. The lowest BCUT2D eigenvalue weighted by molar-refractivity contribution is 0.0492. The number of hydrogen-bond donors (Lipinski definition) is 3. The summed E-state index contributed by atoms with van der Waals surface area (Å²) in [5, 5.41) is 26.5. The zero-order chi connectivity index (χ0) is 28.2. The number of amides is 1. The van der Waals surface area contributed by atoms with Gasteiger partial charge in [0.1, 0.15) is 17.4 Å². The van der Waals surface area contributed by atoms with E-state index >= 15 is 4.39 Å². The maximum Gasteiger partial charge on any atom is 0.407 e. The highest BCUT2D eigenvalue weighted by molar-refractivity contribution is 5.69. The molecule has 0 aliphatic heterocycles. The first-order valence-electron chi connectivity index (χ1n) is 12.6. The molecule has 0 aromatic carbocycles. The van der Waals surface area contributed by atoms with E-state index in [1.165, 1.54) is 24.2 Å². The molecule has 12 nitrogen and oxygen atoms in total. The van der Waals surface area contributed by atoms with Gasteiger partial charge < -0.3 is 25.4 Å². The lowest BCUT2D eigenvalue weighted by Gasteiger charge is -2.38. The van der Waals surface area contributed by atoms with E-state index < -0.39 is 17.5 Å². The summed E-state index contributed by atoms with van der Waals surface area (Å²) in [6.07, 6.45) is 7.03. The Kier molecular flexibility index (Phi) is 8.13. The van der Waals surface area contributed by atoms with Crippen LogP contribution in [-0.4, -0.2) is 55.8 Å². The summed E-state index contributed by atoms with van der Waals surface area (Å²) in [6.45, 7) is 7.21. The molecule has 0 spiro atoms. The molecular formula is C26H32FN9O3. The van der Waals surface area contributed by atoms with Crippen LogP contribution in [0.15, 0.2) is 30.7 Å². The van der Waals surface area contributed by atoms with Gasteiger partial charge in [-0.25, -0.2) is 23.8 Å². The fourth-order valence-electron chi connectivity index (χ4n) is 4.27. The Morgan fingerprint density at radius 2 is 2.05 bits per heavy atom. The number of methoxy groups -OCH3 is 1. The van der Waals surface area contributed by atoms with Crippen LogP contribution >= 0.6 is 0 Å². The number of alkyl carbamates (subject to hydrolysis) is 1. The summed E-state index contributed by atoms with van der Waals surface area (Å²) in [5.41, 5.74) is 0.343. The molecule has 0 bridgehead atoms. The van der Waals surface area contributed by atoms with Crippen LogP contribution in [0.2, 0.25) is 0 Å². The molecule has 3 heterocycles. The number of nitriles is 1. The van der Waals surface area contributed by atoms with E-state index in [0.717, 1.165) is 25.3 Å². The fraction of sp³-hybridized carbons (Fsp3) is 0.462. The van der Waals surface area contributed by atoms with Gasteiger partial charge in [0.05, 0.1) is 43.0 Å². The predicted molar refractivity (Wildman–Crippen MR) is 141 cm³/mol. The lowest BCUT2D eigenvalue weighted by atomic mass is 9.77. The van der Waals surface area contributed by atoms with Crippen LogP contribution < -0.4 is 20.7 Å². The Morgan fingerprint density at radius 1 is 1.28 bits per heavy atom. The number of rotatable bonds is 9. The molecule has 3 aromatic rings. The van der Waals surface area contributed by atoms with Crippen LogP contribution in [0.4, 0.5) is 26.5 Å². The first-order valence-corrected chi connectivity index (χ1v) is 12.6. The average molecular weight is 538 g/mol. The third-order valence-electron chi connectivity index (χ3n) is 6.30. The van der Waals surface area contributed by atoms with Crippen molar-refractivity contribution < 1.29 is 18.7 Å². The maximum absolute atomic E-state index is 15.1. The monoisotopic (exact) mass is 537 g/mol. The molecule has 1 aliphatic carbocycles. The van der Waals surface area contributed by atoms with Crippen molar-refractivity contribution in [3.8, 4) is 17.6 Å². The molecule has 0 saturated heterocycles. The van der Waals surface area contributed by atoms with E-state index in [1.807, 2.05) is 13.0 Å². The van der Waals surface area contributed by atoms with Gasteiger partial charge in [-0.1, -0.05) is 11.6 Å². The average Bonchev–Trinajstić information content (AvgIpc) is 3.37. The highest BCUT2D eigenvalue weighted by atomic mass is 19.1. The highest BCUT2D eigenvalue weighted by Crippen LogP contribution is 2.34. The van der Waals surface area contributed by atoms with Gasteiger partial charge in [0.15, 0.2) is 17.5 Å². The van der Waals surface area contributed by atoms with Crippen molar-refractivity contribution in [2.45, 2.75) is 64.6 Å². The fourth-order valence-corrected chi connectivity index (χ4v) is 4.27. The second-order valence-corrected chi connectivity index (χ2v) is 10.3. The van der Waals surface area contributed by atoms with Crippen LogP contribution in [0, 0.1) is 23.1 Å². The molecule has 13 heteroatoms. The molecule has 3 aromatic heterocycles. The van der Waals surface area contributed by atoms with Gasteiger partial charge in [0, 0.05) is 6.04 Å². The number of aromatic nitrogens is 5. The SMILES string of the molecule is COc1ncc(Nc2nc(N[C@H](C3CCC3)[C@H](C)NC(=O)OC(C)(C)C)c(F)cc2C#N)cc1-n1ccnn1. The van der Waals surface area contributed by atoms with E-state index in [-0.39, 0.29) is 35.2 Å². The number of halogens is 1. The van der Waals surface area contributed by atoms with Crippen molar-refractivity contribution in [1.29, 1.82) is 5.26 Å². The van der Waals surface area contributed by atoms with Gasteiger partial charge in [-0.3, -0.25) is 0 Å². The molecule has 0 unspecified atom stereocenters. The van der Waals surface area contributed by atoms with E-state index in [4.69, 9.17) is 9.47 Å². The van der Waals surface area contributed by atoms with Gasteiger partial charge in [-0.15, -0.1) is 5.10 Å². The molecule has 4 rings (SSSR count). The predicted octanol–water partition coefficient (Wildman–Crippen LogP) is 4.31. The minimum atomic E-state index is -0.679. The lowest BCUT2D eigenvalue weighted by Crippen LogP contribution is -2.51. The van der Waals surface area contributed by atoms with Gasteiger partial charge in [-0.05, 0) is 58.6 Å². The van der Waals surface area contributed by atoms with E-state index in [9.17, 15) is 10.1 Å². The smallest absolute Gasteiger partial charge is 0.407 e. The summed E-state index contributed by atoms with van der Waals surface area (Å²) in [6, 6.07) is 4.11. The number of hydrogen-bond acceptors (Lipinski definition) is 10. The number of carbonyl (C=O) groups excluding carboxylic acids is 1. The molecule has 2 atom stereocenters. The zero-order valence-electron chi connectivity index (χ0n) is 22.5. The Balaban J connectivity index is 1.60. The third-order valence-corrected chi connectivity index (χ3v) is 6.30. The third kappa shape index (κ3) is 6.70. The molecule has 1 fully saturated rings. The van der Waals surface area contributed by atoms with Crippen LogP contribution in [-0.2, 0) is 4.74 Å². The van der Waals surface area contributed by atoms with Gasteiger partial charge in [-0.2, -0.15) is 5.26 Å². The Labute approximate surface area is 225 Å². The molecule has 206 valence electrons. The van der Waals surface area contributed by atoms with E-state index in [1.54, 1.807) is 33.0 Å². The van der Waals surface area contributed by atoms with E-state index in [0.29, 0.717) is 17.3 Å². The number of carbonyl (C=O) groups is 1. The quantitative estimate of drug-likeness (QED) is 0.360. The molecule has 3 N–H and O–H groups in total. The Bertz CT molecular complexity index is 1350. The number of nitrogens with one attached hydrogen (secondary N) is 3. The zero-order valence-corrected chi connectivity index (χ0v) is 22.5. The van der Waals surface area contributed by atoms with Crippen molar-refractivity contribution in [1.82, 2.24) is 30.3 Å². The van der Waals surface area contributed by atoms with Gasteiger partial charge in [0.2, 0.25) is 5.88 Å². The normalized spacial score (nSPS) is 14.9. The summed E-state index contributed by atoms with van der Waals surface area (Å²) < 4.78 is 27.3. The second kappa shape index (κ2) is 11.5. The minimum absolute atomic E-state index is 0.0105. The summed E-state index contributed by atoms with van der Waals surface area (Å²) >= 11 is 0. The summed E-state index contributed by atoms with van der Waals surface area (Å²) in [7, 11) is 1.49. The highest BCUT2D eigenvalue weighted by Gasteiger charge is 2.34. The minimum Gasteiger partial charge on any atom is -0.479 e. The largest absolute Gasteiger partial charge is 0.479 e.